The Labute approximate surface area is 150 Å². The highest BCUT2D eigenvalue weighted by molar-refractivity contribution is 6.06. The number of rotatable bonds is 5. The average Bonchev–Trinajstić information content (AvgIpc) is 2.66. The SMILES string of the molecule is Cc1ccc(C(=O)NCCNC(=O)c2ccnc3ccccc23)cc1F. The molecule has 0 saturated heterocycles. The number of para-hydroxylation sites is 1. The first-order valence-corrected chi connectivity index (χ1v) is 8.22. The Kier molecular flexibility index (Phi) is 5.22. The molecule has 0 spiro atoms. The van der Waals surface area contributed by atoms with E-state index in [-0.39, 0.29) is 30.5 Å². The van der Waals surface area contributed by atoms with Gasteiger partial charge in [0.25, 0.3) is 11.8 Å². The topological polar surface area (TPSA) is 71.1 Å². The smallest absolute Gasteiger partial charge is 0.252 e. The lowest BCUT2D eigenvalue weighted by molar-refractivity contribution is 0.0928. The van der Waals surface area contributed by atoms with Gasteiger partial charge in [0.15, 0.2) is 0 Å². The van der Waals surface area contributed by atoms with Crippen LogP contribution in [-0.4, -0.2) is 29.9 Å². The van der Waals surface area contributed by atoms with E-state index in [1.807, 2.05) is 24.3 Å². The fraction of sp³-hybridized carbons (Fsp3) is 0.150. The van der Waals surface area contributed by atoms with E-state index in [0.717, 1.165) is 10.9 Å². The lowest BCUT2D eigenvalue weighted by Crippen LogP contribution is -2.34. The molecule has 0 aliphatic rings. The molecule has 0 unspecified atom stereocenters. The molecule has 2 amide bonds. The van der Waals surface area contributed by atoms with Crippen LogP contribution in [0.15, 0.2) is 54.7 Å². The maximum Gasteiger partial charge on any atom is 0.252 e. The van der Waals surface area contributed by atoms with Gasteiger partial charge < -0.3 is 10.6 Å². The second-order valence-electron chi connectivity index (χ2n) is 5.85. The summed E-state index contributed by atoms with van der Waals surface area (Å²) in [5, 5.41) is 6.19. The van der Waals surface area contributed by atoms with Gasteiger partial charge >= 0.3 is 0 Å². The highest BCUT2D eigenvalue weighted by Gasteiger charge is 2.11. The zero-order valence-corrected chi connectivity index (χ0v) is 14.3. The number of nitrogens with one attached hydrogen (secondary N) is 2. The molecule has 3 aromatic rings. The maximum atomic E-state index is 13.5. The standard InChI is InChI=1S/C20H18FN3O2/c1-13-6-7-14(12-17(13)21)19(25)23-10-11-24-20(26)16-8-9-22-18-5-3-2-4-15(16)18/h2-9,12H,10-11H2,1H3,(H,23,25)(H,24,26). The van der Waals surface area contributed by atoms with E-state index < -0.39 is 5.82 Å². The Morgan fingerprint density at radius 1 is 1.00 bits per heavy atom. The summed E-state index contributed by atoms with van der Waals surface area (Å²) >= 11 is 0. The largest absolute Gasteiger partial charge is 0.350 e. The van der Waals surface area contributed by atoms with Crippen molar-refractivity contribution in [3.8, 4) is 0 Å². The van der Waals surface area contributed by atoms with Gasteiger partial charge in [-0.05, 0) is 36.8 Å². The molecular formula is C20H18FN3O2. The van der Waals surface area contributed by atoms with Gasteiger partial charge in [0.2, 0.25) is 0 Å². The number of nitrogens with zero attached hydrogens (tertiary/aromatic N) is 1. The van der Waals surface area contributed by atoms with E-state index in [2.05, 4.69) is 15.6 Å². The van der Waals surface area contributed by atoms with E-state index in [9.17, 15) is 14.0 Å². The third kappa shape index (κ3) is 3.85. The highest BCUT2D eigenvalue weighted by atomic mass is 19.1. The van der Waals surface area contributed by atoms with Crippen LogP contribution >= 0.6 is 0 Å². The first kappa shape index (κ1) is 17.5. The van der Waals surface area contributed by atoms with Crippen molar-refractivity contribution < 1.29 is 14.0 Å². The lowest BCUT2D eigenvalue weighted by Gasteiger charge is -2.09. The van der Waals surface area contributed by atoms with Crippen LogP contribution in [0.3, 0.4) is 0 Å². The molecule has 6 heteroatoms. The van der Waals surface area contributed by atoms with Crippen molar-refractivity contribution in [3.63, 3.8) is 0 Å². The van der Waals surface area contributed by atoms with Crippen LogP contribution in [-0.2, 0) is 0 Å². The second kappa shape index (κ2) is 7.74. The number of amides is 2. The van der Waals surface area contributed by atoms with Gasteiger partial charge in [-0.15, -0.1) is 0 Å². The Morgan fingerprint density at radius 3 is 2.50 bits per heavy atom. The minimum Gasteiger partial charge on any atom is -0.350 e. The summed E-state index contributed by atoms with van der Waals surface area (Å²) in [7, 11) is 0. The van der Waals surface area contributed by atoms with Crippen molar-refractivity contribution >= 4 is 22.7 Å². The molecule has 2 N–H and O–H groups in total. The second-order valence-corrected chi connectivity index (χ2v) is 5.85. The molecule has 0 bridgehead atoms. The average molecular weight is 351 g/mol. The van der Waals surface area contributed by atoms with Gasteiger partial charge in [-0.2, -0.15) is 0 Å². The fourth-order valence-electron chi connectivity index (χ4n) is 2.58. The van der Waals surface area contributed by atoms with Crippen LogP contribution in [0.1, 0.15) is 26.3 Å². The summed E-state index contributed by atoms with van der Waals surface area (Å²) in [5.41, 5.74) is 2.01. The van der Waals surface area contributed by atoms with Crippen LogP contribution in [0, 0.1) is 12.7 Å². The molecule has 2 aromatic carbocycles. The molecule has 132 valence electrons. The van der Waals surface area contributed by atoms with E-state index in [0.29, 0.717) is 11.1 Å². The molecule has 26 heavy (non-hydrogen) atoms. The molecule has 0 fully saturated rings. The number of pyridine rings is 1. The molecule has 1 aromatic heterocycles. The molecular weight excluding hydrogens is 333 g/mol. The third-order valence-electron chi connectivity index (χ3n) is 4.02. The fourth-order valence-corrected chi connectivity index (χ4v) is 2.58. The first-order valence-electron chi connectivity index (χ1n) is 8.22. The number of carbonyl (C=O) groups excluding carboxylic acids is 2. The number of aromatic nitrogens is 1. The number of fused-ring (bicyclic) bond motifs is 1. The predicted octanol–water partition coefficient (Wildman–Crippen LogP) is 2.84. The van der Waals surface area contributed by atoms with Crippen LogP contribution in [0.5, 0.6) is 0 Å². The molecule has 0 radical (unpaired) electrons. The van der Waals surface area contributed by atoms with Gasteiger partial charge in [-0.3, -0.25) is 14.6 Å². The van der Waals surface area contributed by atoms with Crippen LogP contribution in [0.2, 0.25) is 0 Å². The number of hydrogen-bond donors (Lipinski definition) is 2. The molecule has 1 heterocycles. The van der Waals surface area contributed by atoms with E-state index in [1.54, 1.807) is 31.3 Å². The molecule has 3 rings (SSSR count). The van der Waals surface area contributed by atoms with Gasteiger partial charge in [0.05, 0.1) is 11.1 Å². The van der Waals surface area contributed by atoms with Crippen molar-refractivity contribution in [2.75, 3.05) is 13.1 Å². The molecule has 5 nitrogen and oxygen atoms in total. The highest BCUT2D eigenvalue weighted by Crippen LogP contribution is 2.15. The summed E-state index contributed by atoms with van der Waals surface area (Å²) in [4.78, 5) is 28.6. The first-order chi connectivity index (χ1) is 12.6. The number of benzene rings is 2. The van der Waals surface area contributed by atoms with Gasteiger partial charge in [0, 0.05) is 30.2 Å². The van der Waals surface area contributed by atoms with Gasteiger partial charge in [-0.1, -0.05) is 24.3 Å². The number of carbonyl (C=O) groups is 2. The van der Waals surface area contributed by atoms with Crippen LogP contribution < -0.4 is 10.6 Å². The minimum atomic E-state index is -0.421. The summed E-state index contributed by atoms with van der Waals surface area (Å²) in [6, 6.07) is 13.4. The number of halogens is 1. The van der Waals surface area contributed by atoms with Crippen LogP contribution in [0.4, 0.5) is 4.39 Å². The molecule has 0 saturated carbocycles. The minimum absolute atomic E-state index is 0.237. The van der Waals surface area contributed by atoms with Crippen molar-refractivity contribution in [1.82, 2.24) is 15.6 Å². The Hall–Kier alpha value is -3.28. The summed E-state index contributed by atoms with van der Waals surface area (Å²) < 4.78 is 13.5. The normalized spacial score (nSPS) is 10.5. The number of aryl methyl sites for hydroxylation is 1. The van der Waals surface area contributed by atoms with E-state index in [1.165, 1.54) is 6.07 Å². The van der Waals surface area contributed by atoms with E-state index in [4.69, 9.17) is 0 Å². The molecule has 0 aliphatic carbocycles. The zero-order valence-electron chi connectivity index (χ0n) is 14.3. The maximum absolute atomic E-state index is 13.5. The predicted molar refractivity (Wildman–Crippen MR) is 97.5 cm³/mol. The van der Waals surface area contributed by atoms with Crippen molar-refractivity contribution in [3.05, 3.63) is 77.2 Å². The number of hydrogen-bond acceptors (Lipinski definition) is 3. The van der Waals surface area contributed by atoms with Gasteiger partial charge in [0.1, 0.15) is 5.82 Å². The zero-order chi connectivity index (χ0) is 18.5. The van der Waals surface area contributed by atoms with Crippen molar-refractivity contribution in [1.29, 1.82) is 0 Å². The van der Waals surface area contributed by atoms with Crippen LogP contribution in [0.25, 0.3) is 10.9 Å². The Balaban J connectivity index is 1.55. The van der Waals surface area contributed by atoms with Gasteiger partial charge in [-0.25, -0.2) is 4.39 Å². The monoisotopic (exact) mass is 351 g/mol. The summed E-state index contributed by atoms with van der Waals surface area (Å²) in [6.07, 6.45) is 1.59. The quantitative estimate of drug-likeness (QED) is 0.695. The summed E-state index contributed by atoms with van der Waals surface area (Å²) in [5.74, 6) is -1.04. The Bertz CT molecular complexity index is 967. The molecule has 0 atom stereocenters. The third-order valence-corrected chi connectivity index (χ3v) is 4.02. The van der Waals surface area contributed by atoms with E-state index >= 15 is 0 Å². The van der Waals surface area contributed by atoms with Crippen molar-refractivity contribution in [2.24, 2.45) is 0 Å². The summed E-state index contributed by atoms with van der Waals surface area (Å²) in [6.45, 7) is 2.13. The Morgan fingerprint density at radius 2 is 1.73 bits per heavy atom. The molecule has 0 aliphatic heterocycles. The van der Waals surface area contributed by atoms with Crippen molar-refractivity contribution in [2.45, 2.75) is 6.92 Å². The lowest BCUT2D eigenvalue weighted by atomic mass is 10.1.